The van der Waals surface area contributed by atoms with Gasteiger partial charge < -0.3 is 15.7 Å². The minimum absolute atomic E-state index is 0.0230. The lowest BCUT2D eigenvalue weighted by Gasteiger charge is -2.36. The average Bonchev–Trinajstić information content (AvgIpc) is 2.42. The fraction of sp³-hybridized carbons (Fsp3) is 0.857. The van der Waals surface area contributed by atoms with Crippen molar-refractivity contribution in [3.63, 3.8) is 0 Å². The fourth-order valence-electron chi connectivity index (χ4n) is 2.91. The van der Waals surface area contributed by atoms with Gasteiger partial charge in [-0.25, -0.2) is 0 Å². The summed E-state index contributed by atoms with van der Waals surface area (Å²) >= 11 is 0. The van der Waals surface area contributed by atoms with Gasteiger partial charge in [-0.3, -0.25) is 9.59 Å². The minimum Gasteiger partial charge on any atom is -0.481 e. The summed E-state index contributed by atoms with van der Waals surface area (Å²) in [5.41, 5.74) is -0.0788. The van der Waals surface area contributed by atoms with Crippen molar-refractivity contribution < 1.29 is 14.7 Å². The summed E-state index contributed by atoms with van der Waals surface area (Å²) in [6.07, 6.45) is 6.57. The van der Waals surface area contributed by atoms with Gasteiger partial charge in [0.15, 0.2) is 0 Å². The highest BCUT2D eigenvalue weighted by Crippen LogP contribution is 2.38. The lowest BCUT2D eigenvalue weighted by atomic mass is 9.71. The molecule has 5 nitrogen and oxygen atoms in total. The third-order valence-electron chi connectivity index (χ3n) is 3.98. The van der Waals surface area contributed by atoms with Gasteiger partial charge in [0.25, 0.3) is 0 Å². The van der Waals surface area contributed by atoms with Crippen molar-refractivity contribution in [3.8, 4) is 0 Å². The lowest BCUT2D eigenvalue weighted by Crippen LogP contribution is -2.39. The minimum atomic E-state index is -0.705. The molecule has 1 amide bonds. The van der Waals surface area contributed by atoms with Crippen LogP contribution in [0, 0.1) is 5.41 Å². The van der Waals surface area contributed by atoms with Crippen LogP contribution in [-0.4, -0.2) is 44.5 Å². The van der Waals surface area contributed by atoms with Gasteiger partial charge >= 0.3 is 5.97 Å². The number of hydrogen-bond donors (Lipinski definition) is 3. The van der Waals surface area contributed by atoms with Gasteiger partial charge in [0.05, 0.1) is 14.3 Å². The first-order chi connectivity index (χ1) is 9.58. The molecule has 3 N–H and O–H groups in total. The Morgan fingerprint density at radius 3 is 2.45 bits per heavy atom. The van der Waals surface area contributed by atoms with Crippen molar-refractivity contribution in [1.82, 2.24) is 10.6 Å². The highest BCUT2D eigenvalue weighted by Gasteiger charge is 2.33. The number of nitrogens with one attached hydrogen (secondary N) is 2. The normalized spacial score (nSPS) is 17.6. The van der Waals surface area contributed by atoms with Gasteiger partial charge in [-0.15, -0.1) is 0 Å². The summed E-state index contributed by atoms with van der Waals surface area (Å²) in [7, 11) is 5.19. The average molecular weight is 280 g/mol. The molecule has 1 aliphatic carbocycles. The van der Waals surface area contributed by atoms with E-state index in [4.69, 9.17) is 13.0 Å². The summed E-state index contributed by atoms with van der Waals surface area (Å²) in [5, 5.41) is 15.1. The summed E-state index contributed by atoms with van der Waals surface area (Å²) in [4.78, 5) is 22.0. The summed E-state index contributed by atoms with van der Waals surface area (Å²) < 4.78 is 0. The third kappa shape index (κ3) is 6.41. The predicted octanol–water partition coefficient (Wildman–Crippen LogP) is 1.09. The molecule has 112 valence electrons. The van der Waals surface area contributed by atoms with Crippen LogP contribution in [-0.2, 0) is 9.59 Å². The van der Waals surface area contributed by atoms with Gasteiger partial charge in [-0.2, -0.15) is 0 Å². The molecule has 0 aromatic carbocycles. The summed E-state index contributed by atoms with van der Waals surface area (Å²) in [5.74, 6) is -0.844. The number of aliphatic carboxylic acids is 1. The van der Waals surface area contributed by atoms with Gasteiger partial charge in [-0.1, -0.05) is 19.3 Å². The zero-order chi connectivity index (χ0) is 14.8. The summed E-state index contributed by atoms with van der Waals surface area (Å²) in [6, 6.07) is 0. The highest BCUT2D eigenvalue weighted by atomic mass is 16.4. The van der Waals surface area contributed by atoms with Crippen LogP contribution >= 0.6 is 0 Å². The van der Waals surface area contributed by atoms with Crippen LogP contribution < -0.4 is 10.6 Å². The molecule has 0 aliphatic heterocycles. The van der Waals surface area contributed by atoms with Crippen LogP contribution in [0.5, 0.6) is 0 Å². The number of carbonyl (C=O) groups excluding carboxylic acids is 1. The van der Waals surface area contributed by atoms with Crippen molar-refractivity contribution >= 4 is 19.7 Å². The molecule has 0 bridgehead atoms. The van der Waals surface area contributed by atoms with Gasteiger partial charge in [0, 0.05) is 13.1 Å². The molecule has 0 atom stereocenters. The predicted molar refractivity (Wildman–Crippen MR) is 78.8 cm³/mol. The van der Waals surface area contributed by atoms with E-state index in [1.54, 1.807) is 0 Å². The number of rotatable bonds is 9. The van der Waals surface area contributed by atoms with Crippen molar-refractivity contribution in [3.05, 3.63) is 0 Å². The van der Waals surface area contributed by atoms with Gasteiger partial charge in [-0.05, 0) is 37.5 Å². The van der Waals surface area contributed by atoms with Crippen LogP contribution in [0.3, 0.4) is 0 Å². The Kier molecular flexibility index (Phi) is 7.66. The maximum Gasteiger partial charge on any atom is 0.303 e. The second-order valence-corrected chi connectivity index (χ2v) is 5.72. The van der Waals surface area contributed by atoms with Crippen LogP contribution in [0.2, 0.25) is 6.32 Å². The number of amides is 1. The Morgan fingerprint density at radius 2 is 1.85 bits per heavy atom. The van der Waals surface area contributed by atoms with Crippen LogP contribution in [0.25, 0.3) is 0 Å². The number of hydrogen-bond acceptors (Lipinski definition) is 3. The van der Waals surface area contributed by atoms with E-state index in [-0.39, 0.29) is 24.1 Å². The summed E-state index contributed by atoms with van der Waals surface area (Å²) in [6.45, 7) is 2.14. The molecule has 20 heavy (non-hydrogen) atoms. The third-order valence-corrected chi connectivity index (χ3v) is 3.98. The molecule has 1 fully saturated rings. The molecule has 0 unspecified atom stereocenters. The van der Waals surface area contributed by atoms with Crippen molar-refractivity contribution in [2.24, 2.45) is 5.41 Å². The molecular weight excluding hydrogens is 255 g/mol. The Morgan fingerprint density at radius 1 is 1.15 bits per heavy atom. The van der Waals surface area contributed by atoms with Gasteiger partial charge in [0.2, 0.25) is 5.91 Å². The number of carboxylic acid groups (broad SMARTS) is 1. The Hall–Kier alpha value is -1.04. The Balaban J connectivity index is 2.22. The zero-order valence-electron chi connectivity index (χ0n) is 12.1. The monoisotopic (exact) mass is 280 g/mol. The van der Waals surface area contributed by atoms with E-state index in [2.05, 4.69) is 10.6 Å². The van der Waals surface area contributed by atoms with Crippen LogP contribution in [0.4, 0.5) is 0 Å². The second-order valence-electron chi connectivity index (χ2n) is 5.72. The molecule has 1 rings (SSSR count). The molecular formula is C14H25BN2O3. The standard InChI is InChI=1S/C14H25BN2O3/c15-10-12(18)17-8-4-7-16-11-14(9-13(19)20)5-2-1-3-6-14/h16H,1-11H2,(H,17,18)(H,19,20). The fourth-order valence-corrected chi connectivity index (χ4v) is 2.91. The first kappa shape index (κ1) is 17.0. The lowest BCUT2D eigenvalue weighted by molar-refractivity contribution is -0.140. The van der Waals surface area contributed by atoms with Crippen molar-refractivity contribution in [2.75, 3.05) is 19.6 Å². The largest absolute Gasteiger partial charge is 0.481 e. The van der Waals surface area contributed by atoms with Gasteiger partial charge in [0.1, 0.15) is 0 Å². The van der Waals surface area contributed by atoms with Crippen LogP contribution in [0.15, 0.2) is 0 Å². The van der Waals surface area contributed by atoms with E-state index in [0.717, 1.165) is 45.2 Å². The van der Waals surface area contributed by atoms with E-state index < -0.39 is 5.97 Å². The molecule has 0 spiro atoms. The number of carbonyl (C=O) groups is 2. The van der Waals surface area contributed by atoms with Crippen molar-refractivity contribution in [2.45, 2.75) is 51.3 Å². The Labute approximate surface area is 122 Å². The smallest absolute Gasteiger partial charge is 0.303 e. The highest BCUT2D eigenvalue weighted by molar-refractivity contribution is 6.19. The molecule has 0 aromatic rings. The Bertz CT molecular complexity index is 318. The topological polar surface area (TPSA) is 78.4 Å². The van der Waals surface area contributed by atoms with E-state index in [1.165, 1.54) is 6.42 Å². The molecule has 1 aliphatic rings. The molecule has 0 aromatic heterocycles. The first-order valence-corrected chi connectivity index (χ1v) is 7.47. The maximum absolute atomic E-state index is 11.0. The molecule has 1 saturated carbocycles. The zero-order valence-corrected chi connectivity index (χ0v) is 12.1. The second kappa shape index (κ2) is 9.00. The molecule has 0 heterocycles. The molecule has 0 saturated heterocycles. The van der Waals surface area contributed by atoms with Crippen molar-refractivity contribution in [1.29, 1.82) is 0 Å². The first-order valence-electron chi connectivity index (χ1n) is 7.47. The maximum atomic E-state index is 11.0. The SMILES string of the molecule is [B]CC(=O)NCCCNCC1(CC(=O)O)CCCCC1. The van der Waals surface area contributed by atoms with E-state index in [1.807, 2.05) is 0 Å². The van der Waals surface area contributed by atoms with E-state index in [9.17, 15) is 9.59 Å². The number of carboxylic acids is 1. The quantitative estimate of drug-likeness (QED) is 0.436. The molecule has 2 radical (unpaired) electrons. The molecule has 6 heteroatoms. The van der Waals surface area contributed by atoms with Crippen LogP contribution in [0.1, 0.15) is 44.9 Å². The van der Waals surface area contributed by atoms with E-state index >= 15 is 0 Å². The van der Waals surface area contributed by atoms with E-state index in [0.29, 0.717) is 6.54 Å².